The zero-order valence-electron chi connectivity index (χ0n) is 15.3. The number of hydrogen-bond acceptors (Lipinski definition) is 7. The second-order valence-electron chi connectivity index (χ2n) is 5.42. The van der Waals surface area contributed by atoms with Crippen molar-refractivity contribution in [2.45, 2.75) is 27.7 Å². The molecule has 2 rings (SSSR count). The van der Waals surface area contributed by atoms with Crippen LogP contribution in [0.4, 0.5) is 5.69 Å². The summed E-state index contributed by atoms with van der Waals surface area (Å²) in [4.78, 5) is 23.9. The maximum Gasteiger partial charge on any atom is 0.347 e. The molecule has 1 aromatic carbocycles. The largest absolute Gasteiger partial charge is 0.462 e. The highest BCUT2D eigenvalue weighted by Crippen LogP contribution is 2.28. The molecule has 0 atom stereocenters. The lowest BCUT2D eigenvalue weighted by molar-refractivity contribution is -0.146. The lowest BCUT2D eigenvalue weighted by Gasteiger charge is -2.09. The van der Waals surface area contributed by atoms with Crippen LogP contribution >= 0.6 is 0 Å². The van der Waals surface area contributed by atoms with Gasteiger partial charge in [0, 0.05) is 17.5 Å². The van der Waals surface area contributed by atoms with Gasteiger partial charge in [0.25, 0.3) is 0 Å². The van der Waals surface area contributed by atoms with Gasteiger partial charge >= 0.3 is 11.9 Å². The van der Waals surface area contributed by atoms with Crippen molar-refractivity contribution >= 4 is 17.6 Å². The molecular weight excluding hydrogens is 336 g/mol. The molecule has 0 bridgehead atoms. The van der Waals surface area contributed by atoms with Crippen LogP contribution in [0.5, 0.6) is 0 Å². The molecule has 0 unspecified atom stereocenters. The van der Waals surface area contributed by atoms with Crippen LogP contribution < -0.4 is 5.32 Å². The normalized spacial score (nSPS) is 10.2. The summed E-state index contributed by atoms with van der Waals surface area (Å²) in [7, 11) is 0. The molecule has 138 valence electrons. The molecule has 26 heavy (non-hydrogen) atoms. The van der Waals surface area contributed by atoms with Gasteiger partial charge < -0.3 is 19.3 Å². The minimum atomic E-state index is -0.736. The Balaban J connectivity index is 2.28. The van der Waals surface area contributed by atoms with Gasteiger partial charge in [0.2, 0.25) is 0 Å². The Morgan fingerprint density at radius 1 is 1.15 bits per heavy atom. The van der Waals surface area contributed by atoms with Gasteiger partial charge in [-0.05, 0) is 45.4 Å². The average molecular weight is 358 g/mol. The fourth-order valence-electron chi connectivity index (χ4n) is 2.43. The van der Waals surface area contributed by atoms with Crippen molar-refractivity contribution in [2.75, 3.05) is 18.5 Å². The third-order valence-electron chi connectivity index (χ3n) is 3.56. The van der Waals surface area contributed by atoms with Crippen molar-refractivity contribution in [1.82, 2.24) is 5.16 Å². The Kier molecular flexibility index (Phi) is 6.54. The number of hydrogen-bond donors (Lipinski definition) is 1. The molecule has 0 radical (unpaired) electrons. The van der Waals surface area contributed by atoms with Crippen LogP contribution in [0.2, 0.25) is 0 Å². The zero-order chi connectivity index (χ0) is 19.1. The van der Waals surface area contributed by atoms with E-state index < -0.39 is 11.9 Å². The molecule has 0 saturated heterocycles. The molecule has 1 aromatic heterocycles. The number of ether oxygens (including phenoxy) is 2. The predicted molar refractivity (Wildman–Crippen MR) is 96.4 cm³/mol. The van der Waals surface area contributed by atoms with E-state index in [2.05, 4.69) is 10.5 Å². The molecule has 1 heterocycles. The summed E-state index contributed by atoms with van der Waals surface area (Å²) in [5, 5.41) is 6.90. The van der Waals surface area contributed by atoms with Crippen molar-refractivity contribution in [1.29, 1.82) is 0 Å². The summed E-state index contributed by atoms with van der Waals surface area (Å²) < 4.78 is 15.0. The van der Waals surface area contributed by atoms with Crippen molar-refractivity contribution in [3.8, 4) is 11.1 Å². The van der Waals surface area contributed by atoms with E-state index in [1.165, 1.54) is 6.20 Å². The number of benzene rings is 1. The second-order valence-corrected chi connectivity index (χ2v) is 5.42. The maximum absolute atomic E-state index is 12.0. The number of esters is 2. The van der Waals surface area contributed by atoms with Gasteiger partial charge in [0.15, 0.2) is 5.57 Å². The summed E-state index contributed by atoms with van der Waals surface area (Å²) in [6.07, 6.45) is 1.29. The molecule has 7 heteroatoms. The van der Waals surface area contributed by atoms with E-state index >= 15 is 0 Å². The van der Waals surface area contributed by atoms with Crippen LogP contribution in [-0.2, 0) is 19.1 Å². The number of rotatable bonds is 7. The van der Waals surface area contributed by atoms with Crippen molar-refractivity contribution in [3.05, 3.63) is 47.5 Å². The van der Waals surface area contributed by atoms with E-state index in [4.69, 9.17) is 14.0 Å². The minimum absolute atomic E-state index is 0.164. The van der Waals surface area contributed by atoms with E-state index in [-0.39, 0.29) is 18.8 Å². The number of carbonyl (C=O) groups excluding carboxylic acids is 2. The molecule has 2 aromatic rings. The van der Waals surface area contributed by atoms with Crippen LogP contribution in [0.1, 0.15) is 25.3 Å². The van der Waals surface area contributed by atoms with Gasteiger partial charge in [-0.3, -0.25) is 0 Å². The standard InChI is InChI=1S/C19H22N2O5/c1-5-24-18(22)16(19(23)25-6-2)11-20-15-9-7-8-14(10-15)17-12(3)21-26-13(17)4/h7-11,20H,5-6H2,1-4H3. The summed E-state index contributed by atoms with van der Waals surface area (Å²) >= 11 is 0. The summed E-state index contributed by atoms with van der Waals surface area (Å²) in [5.74, 6) is -0.755. The second kappa shape index (κ2) is 8.84. The van der Waals surface area contributed by atoms with Crippen LogP contribution in [-0.4, -0.2) is 30.3 Å². The topological polar surface area (TPSA) is 90.7 Å². The zero-order valence-corrected chi connectivity index (χ0v) is 15.3. The molecule has 0 amide bonds. The van der Waals surface area contributed by atoms with Gasteiger partial charge in [0.05, 0.1) is 18.9 Å². The van der Waals surface area contributed by atoms with Crippen LogP contribution in [0, 0.1) is 13.8 Å². The van der Waals surface area contributed by atoms with E-state index in [0.29, 0.717) is 11.4 Å². The lowest BCUT2D eigenvalue weighted by atomic mass is 10.0. The number of nitrogens with zero attached hydrogens (tertiary/aromatic N) is 1. The van der Waals surface area contributed by atoms with E-state index in [1.54, 1.807) is 13.8 Å². The first-order valence-corrected chi connectivity index (χ1v) is 8.32. The molecule has 0 fully saturated rings. The molecule has 0 aliphatic carbocycles. The SMILES string of the molecule is CCOC(=O)C(=CNc1cccc(-c2c(C)noc2C)c1)C(=O)OCC. The molecular formula is C19H22N2O5. The van der Waals surface area contributed by atoms with Crippen molar-refractivity contribution < 1.29 is 23.6 Å². The highest BCUT2D eigenvalue weighted by atomic mass is 16.6. The number of aromatic nitrogens is 1. The Bertz CT molecular complexity index is 784. The fraction of sp³-hybridized carbons (Fsp3) is 0.316. The Morgan fingerprint density at radius 3 is 2.35 bits per heavy atom. The Labute approximate surface area is 152 Å². The summed E-state index contributed by atoms with van der Waals surface area (Å²) in [6, 6.07) is 7.47. The van der Waals surface area contributed by atoms with E-state index in [0.717, 1.165) is 16.8 Å². The fourth-order valence-corrected chi connectivity index (χ4v) is 2.43. The van der Waals surface area contributed by atoms with Crippen molar-refractivity contribution in [2.24, 2.45) is 0 Å². The lowest BCUT2D eigenvalue weighted by Crippen LogP contribution is -2.19. The Hall–Kier alpha value is -3.09. The highest BCUT2D eigenvalue weighted by molar-refractivity contribution is 6.14. The number of anilines is 1. The van der Waals surface area contributed by atoms with Gasteiger partial charge in [-0.15, -0.1) is 0 Å². The van der Waals surface area contributed by atoms with E-state index in [9.17, 15) is 9.59 Å². The minimum Gasteiger partial charge on any atom is -0.462 e. The van der Waals surface area contributed by atoms with Gasteiger partial charge in [0.1, 0.15) is 5.76 Å². The molecule has 7 nitrogen and oxygen atoms in total. The Morgan fingerprint density at radius 2 is 1.81 bits per heavy atom. The van der Waals surface area contributed by atoms with Gasteiger partial charge in [-0.2, -0.15) is 0 Å². The van der Waals surface area contributed by atoms with Crippen LogP contribution in [0.25, 0.3) is 11.1 Å². The summed E-state index contributed by atoms with van der Waals surface area (Å²) in [6.45, 7) is 7.37. The molecule has 0 aliphatic rings. The monoisotopic (exact) mass is 358 g/mol. The first-order chi connectivity index (χ1) is 12.5. The summed E-state index contributed by atoms with van der Waals surface area (Å²) in [5.41, 5.74) is 3.10. The quantitative estimate of drug-likeness (QED) is 0.351. The molecule has 1 N–H and O–H groups in total. The first kappa shape index (κ1) is 19.2. The van der Waals surface area contributed by atoms with E-state index in [1.807, 2.05) is 38.1 Å². The molecule has 0 saturated carbocycles. The smallest absolute Gasteiger partial charge is 0.347 e. The third kappa shape index (κ3) is 4.50. The maximum atomic E-state index is 12.0. The first-order valence-electron chi connectivity index (χ1n) is 8.32. The molecule has 0 aliphatic heterocycles. The van der Waals surface area contributed by atoms with Crippen LogP contribution in [0.3, 0.4) is 0 Å². The van der Waals surface area contributed by atoms with Gasteiger partial charge in [-0.1, -0.05) is 17.3 Å². The number of nitrogens with one attached hydrogen (secondary N) is 1. The molecule has 0 spiro atoms. The van der Waals surface area contributed by atoms with Crippen molar-refractivity contribution in [3.63, 3.8) is 0 Å². The van der Waals surface area contributed by atoms with Crippen LogP contribution in [0.15, 0.2) is 40.6 Å². The highest BCUT2D eigenvalue weighted by Gasteiger charge is 2.21. The number of aryl methyl sites for hydroxylation is 2. The average Bonchev–Trinajstić information content (AvgIpc) is 2.94. The third-order valence-corrected chi connectivity index (χ3v) is 3.56. The number of carbonyl (C=O) groups is 2. The van der Waals surface area contributed by atoms with Gasteiger partial charge in [-0.25, -0.2) is 9.59 Å². The predicted octanol–water partition coefficient (Wildman–Crippen LogP) is 3.38.